The Labute approximate surface area is 205 Å². The largest absolute Gasteiger partial charge is 0.463 e. The van der Waals surface area contributed by atoms with E-state index in [1.54, 1.807) is 0 Å². The molecule has 0 heterocycles. The summed E-state index contributed by atoms with van der Waals surface area (Å²) in [5, 5.41) is 0. The van der Waals surface area contributed by atoms with E-state index < -0.39 is 11.8 Å². The molecule has 34 heavy (non-hydrogen) atoms. The molecule has 4 heteroatoms. The van der Waals surface area contributed by atoms with Crippen LogP contribution in [0.2, 0.25) is 0 Å². The van der Waals surface area contributed by atoms with Crippen molar-refractivity contribution in [2.45, 2.75) is 91.3 Å². The maximum Gasteiger partial charge on any atom is 0.310 e. The average molecular weight is 465 g/mol. The second-order valence-corrected chi connectivity index (χ2v) is 10.7. The third kappa shape index (κ3) is 5.54. The summed E-state index contributed by atoms with van der Waals surface area (Å²) in [4.78, 5) is 26.6. The maximum atomic E-state index is 13.3. The Morgan fingerprint density at radius 2 is 0.853 bits per heavy atom. The molecule has 1 saturated carbocycles. The third-order valence-electron chi connectivity index (χ3n) is 6.77. The summed E-state index contributed by atoms with van der Waals surface area (Å²) in [6.45, 7) is 16.0. The Morgan fingerprint density at radius 3 is 1.09 bits per heavy atom. The molecule has 4 unspecified atom stereocenters. The van der Waals surface area contributed by atoms with Crippen LogP contribution in [-0.2, 0) is 19.1 Å². The van der Waals surface area contributed by atoms with Crippen LogP contribution < -0.4 is 0 Å². The van der Waals surface area contributed by atoms with Crippen LogP contribution in [0.1, 0.15) is 101 Å². The lowest BCUT2D eigenvalue weighted by atomic mass is 9.52. The van der Waals surface area contributed by atoms with Crippen LogP contribution in [0.5, 0.6) is 0 Å². The molecule has 0 spiro atoms. The molecule has 0 bridgehead atoms. The molecule has 0 amide bonds. The topological polar surface area (TPSA) is 52.6 Å². The normalized spacial score (nSPS) is 22.2. The molecule has 1 aliphatic rings. The number of esters is 2. The molecule has 0 N–H and O–H groups in total. The molecule has 4 atom stereocenters. The lowest BCUT2D eigenvalue weighted by Crippen LogP contribution is -2.53. The predicted octanol–water partition coefficient (Wildman–Crippen LogP) is 6.95. The summed E-state index contributed by atoms with van der Waals surface area (Å²) in [7, 11) is 0. The standard InChI is InChI=1S/C30H40O4/c1-17(2)21-9-13-23(14-10-21)25-26(24-15-11-22(12-16-24)18(3)4)28(30(32)34-20(7)8)27(25)29(31)33-19(5)6/h9-20,25-28H,1-8H3. The van der Waals surface area contributed by atoms with E-state index >= 15 is 0 Å². The van der Waals surface area contributed by atoms with E-state index in [9.17, 15) is 9.59 Å². The third-order valence-corrected chi connectivity index (χ3v) is 6.77. The lowest BCUT2D eigenvalue weighted by Gasteiger charge is -2.50. The highest BCUT2D eigenvalue weighted by atomic mass is 16.6. The highest BCUT2D eigenvalue weighted by molar-refractivity contribution is 5.87. The van der Waals surface area contributed by atoms with Gasteiger partial charge in [-0.15, -0.1) is 0 Å². The van der Waals surface area contributed by atoms with Gasteiger partial charge >= 0.3 is 11.9 Å². The molecule has 184 valence electrons. The van der Waals surface area contributed by atoms with E-state index in [1.807, 2.05) is 27.7 Å². The maximum absolute atomic E-state index is 13.3. The minimum absolute atomic E-state index is 0.151. The molecule has 3 rings (SSSR count). The van der Waals surface area contributed by atoms with Crippen molar-refractivity contribution in [3.8, 4) is 0 Å². The van der Waals surface area contributed by atoms with E-state index in [1.165, 1.54) is 11.1 Å². The van der Waals surface area contributed by atoms with E-state index in [-0.39, 0.29) is 36.0 Å². The number of rotatable bonds is 8. The van der Waals surface area contributed by atoms with Crippen LogP contribution in [0.4, 0.5) is 0 Å². The minimum atomic E-state index is -0.576. The lowest BCUT2D eigenvalue weighted by molar-refractivity contribution is -0.176. The van der Waals surface area contributed by atoms with Gasteiger partial charge in [0.25, 0.3) is 0 Å². The quantitative estimate of drug-likeness (QED) is 0.397. The zero-order valence-corrected chi connectivity index (χ0v) is 21.9. The van der Waals surface area contributed by atoms with Crippen LogP contribution in [0.25, 0.3) is 0 Å². The van der Waals surface area contributed by atoms with Crippen molar-refractivity contribution in [1.29, 1.82) is 0 Å². The molecule has 1 aliphatic carbocycles. The van der Waals surface area contributed by atoms with Gasteiger partial charge in [0.15, 0.2) is 0 Å². The summed E-state index contributed by atoms with van der Waals surface area (Å²) in [5.74, 6) is -1.26. The Kier molecular flexibility index (Phi) is 8.22. The van der Waals surface area contributed by atoms with Gasteiger partial charge in [-0.25, -0.2) is 0 Å². The first-order valence-electron chi connectivity index (χ1n) is 12.6. The number of carbonyl (C=O) groups excluding carboxylic acids is 2. The SMILES string of the molecule is CC(C)OC(=O)C1C(C(=O)OC(C)C)C(c2ccc(C(C)C)cc2)C1c1ccc(C(C)C)cc1. The van der Waals surface area contributed by atoms with Crippen molar-refractivity contribution in [2.24, 2.45) is 11.8 Å². The van der Waals surface area contributed by atoms with Gasteiger partial charge in [0.05, 0.1) is 24.0 Å². The van der Waals surface area contributed by atoms with Gasteiger partial charge in [-0.1, -0.05) is 76.2 Å². The van der Waals surface area contributed by atoms with Crippen LogP contribution in [-0.4, -0.2) is 24.1 Å². The fourth-order valence-corrected chi connectivity index (χ4v) is 4.99. The minimum Gasteiger partial charge on any atom is -0.463 e. The van der Waals surface area contributed by atoms with Gasteiger partial charge in [0, 0.05) is 11.8 Å². The predicted molar refractivity (Wildman–Crippen MR) is 136 cm³/mol. The Hall–Kier alpha value is -2.62. The number of carbonyl (C=O) groups is 2. The molecular weight excluding hydrogens is 424 g/mol. The van der Waals surface area contributed by atoms with Crippen LogP contribution in [0, 0.1) is 11.8 Å². The Morgan fingerprint density at radius 1 is 0.559 bits per heavy atom. The molecule has 2 aromatic carbocycles. The zero-order chi connectivity index (χ0) is 25.2. The fraction of sp³-hybridized carbons (Fsp3) is 0.533. The molecule has 1 fully saturated rings. The van der Waals surface area contributed by atoms with E-state index in [4.69, 9.17) is 9.47 Å². The van der Waals surface area contributed by atoms with Crippen LogP contribution in [0.3, 0.4) is 0 Å². The Bertz CT molecular complexity index is 888. The summed E-state index contributed by atoms with van der Waals surface area (Å²) < 4.78 is 11.3. The van der Waals surface area contributed by atoms with E-state index in [0.717, 1.165) is 11.1 Å². The number of hydrogen-bond donors (Lipinski definition) is 0. The van der Waals surface area contributed by atoms with Gasteiger partial charge in [0.1, 0.15) is 0 Å². The zero-order valence-electron chi connectivity index (χ0n) is 21.9. The number of benzene rings is 2. The van der Waals surface area contributed by atoms with Crippen LogP contribution >= 0.6 is 0 Å². The highest BCUT2D eigenvalue weighted by Gasteiger charge is 2.60. The van der Waals surface area contributed by atoms with Gasteiger partial charge < -0.3 is 9.47 Å². The molecule has 2 aromatic rings. The number of hydrogen-bond acceptors (Lipinski definition) is 4. The molecule has 0 aromatic heterocycles. The van der Waals surface area contributed by atoms with Crippen molar-refractivity contribution in [3.05, 3.63) is 70.8 Å². The first-order chi connectivity index (χ1) is 16.0. The van der Waals surface area contributed by atoms with Gasteiger partial charge in [-0.05, 0) is 61.8 Å². The van der Waals surface area contributed by atoms with E-state index in [2.05, 4.69) is 76.2 Å². The van der Waals surface area contributed by atoms with Gasteiger partial charge in [-0.2, -0.15) is 0 Å². The number of ether oxygens (including phenoxy) is 2. The molecule has 4 nitrogen and oxygen atoms in total. The second kappa shape index (κ2) is 10.8. The molecule has 0 radical (unpaired) electrons. The van der Waals surface area contributed by atoms with Crippen molar-refractivity contribution < 1.29 is 19.1 Å². The first kappa shape index (κ1) is 26.0. The molecule has 0 saturated heterocycles. The van der Waals surface area contributed by atoms with Crippen molar-refractivity contribution in [2.75, 3.05) is 0 Å². The fourth-order valence-electron chi connectivity index (χ4n) is 4.99. The van der Waals surface area contributed by atoms with Gasteiger partial charge in [0.2, 0.25) is 0 Å². The van der Waals surface area contributed by atoms with Gasteiger partial charge in [-0.3, -0.25) is 9.59 Å². The summed E-state index contributed by atoms with van der Waals surface area (Å²) >= 11 is 0. The van der Waals surface area contributed by atoms with Crippen LogP contribution in [0.15, 0.2) is 48.5 Å². The van der Waals surface area contributed by atoms with E-state index in [0.29, 0.717) is 11.8 Å². The summed E-state index contributed by atoms with van der Waals surface area (Å²) in [6.07, 6.45) is -0.495. The summed E-state index contributed by atoms with van der Waals surface area (Å²) in [5.41, 5.74) is 4.61. The monoisotopic (exact) mass is 464 g/mol. The van der Waals surface area contributed by atoms with Crippen molar-refractivity contribution in [3.63, 3.8) is 0 Å². The average Bonchev–Trinajstić information content (AvgIpc) is 2.72. The molecule has 0 aliphatic heterocycles. The van der Waals surface area contributed by atoms with Crippen molar-refractivity contribution >= 4 is 11.9 Å². The second-order valence-electron chi connectivity index (χ2n) is 10.7. The first-order valence-corrected chi connectivity index (χ1v) is 12.6. The highest BCUT2D eigenvalue weighted by Crippen LogP contribution is 2.59. The Balaban J connectivity index is 2.08. The smallest absolute Gasteiger partial charge is 0.310 e. The van der Waals surface area contributed by atoms with Crippen molar-refractivity contribution in [1.82, 2.24) is 0 Å². The molecular formula is C30H40O4. The summed E-state index contributed by atoms with van der Waals surface area (Å²) in [6, 6.07) is 16.9.